The molecule has 6 heteroatoms. The maximum atomic E-state index is 11.2. The molecule has 2 saturated heterocycles. The molecule has 0 radical (unpaired) electrons. The summed E-state index contributed by atoms with van der Waals surface area (Å²) < 4.78 is 1.69. The topological polar surface area (TPSA) is 70.4 Å². The minimum atomic E-state index is -0.886. The van der Waals surface area contributed by atoms with Crippen molar-refractivity contribution in [1.29, 1.82) is 0 Å². The van der Waals surface area contributed by atoms with Crippen molar-refractivity contribution in [3.63, 3.8) is 0 Å². The molecule has 3 rings (SSSR count). The number of aromatic carboxylic acids is 1. The van der Waals surface area contributed by atoms with E-state index in [2.05, 4.69) is 15.3 Å². The fourth-order valence-corrected chi connectivity index (χ4v) is 3.67. The summed E-state index contributed by atoms with van der Waals surface area (Å²) in [4.78, 5) is 13.6. The lowest BCUT2D eigenvalue weighted by molar-refractivity contribution is 0.0693. The van der Waals surface area contributed by atoms with Gasteiger partial charge in [-0.15, -0.1) is 0 Å². The van der Waals surface area contributed by atoms with Crippen LogP contribution in [0.2, 0.25) is 0 Å². The molecule has 0 amide bonds. The van der Waals surface area contributed by atoms with Crippen molar-refractivity contribution in [2.75, 3.05) is 19.6 Å². The van der Waals surface area contributed by atoms with Gasteiger partial charge < -0.3 is 10.4 Å². The smallest absolute Gasteiger partial charge is 0.339 e. The third kappa shape index (κ3) is 3.11. The van der Waals surface area contributed by atoms with Gasteiger partial charge >= 0.3 is 5.97 Å². The Morgan fingerprint density at radius 3 is 2.81 bits per heavy atom. The van der Waals surface area contributed by atoms with Gasteiger partial charge in [0.15, 0.2) is 0 Å². The fraction of sp³-hybridized carbons (Fsp3) is 0.733. The van der Waals surface area contributed by atoms with Gasteiger partial charge in [-0.1, -0.05) is 0 Å². The monoisotopic (exact) mass is 292 g/mol. The molecule has 1 atom stereocenters. The molecule has 2 aliphatic heterocycles. The second-order valence-corrected chi connectivity index (χ2v) is 6.25. The van der Waals surface area contributed by atoms with E-state index in [-0.39, 0.29) is 0 Å². The van der Waals surface area contributed by atoms with Gasteiger partial charge in [-0.2, -0.15) is 5.10 Å². The van der Waals surface area contributed by atoms with Crippen LogP contribution in [0.3, 0.4) is 0 Å². The molecule has 21 heavy (non-hydrogen) atoms. The molecule has 6 nitrogen and oxygen atoms in total. The zero-order valence-corrected chi connectivity index (χ0v) is 12.6. The maximum Gasteiger partial charge on any atom is 0.339 e. The van der Waals surface area contributed by atoms with Crippen LogP contribution in [0.25, 0.3) is 0 Å². The van der Waals surface area contributed by atoms with Crippen molar-refractivity contribution in [2.24, 2.45) is 13.0 Å². The Kier molecular flexibility index (Phi) is 4.26. The molecule has 2 aliphatic rings. The van der Waals surface area contributed by atoms with Crippen LogP contribution in [0.15, 0.2) is 6.20 Å². The molecule has 0 aliphatic carbocycles. The minimum Gasteiger partial charge on any atom is -0.478 e. The lowest BCUT2D eigenvalue weighted by atomic mass is 9.88. The number of rotatable bonds is 4. The van der Waals surface area contributed by atoms with Crippen molar-refractivity contribution in [1.82, 2.24) is 20.0 Å². The number of nitrogens with one attached hydrogen (secondary N) is 1. The summed E-state index contributed by atoms with van der Waals surface area (Å²) in [5.74, 6) is -0.0997. The van der Waals surface area contributed by atoms with Gasteiger partial charge in [-0.05, 0) is 51.2 Å². The molecule has 116 valence electrons. The first kappa shape index (κ1) is 14.5. The van der Waals surface area contributed by atoms with Crippen molar-refractivity contribution >= 4 is 5.97 Å². The lowest BCUT2D eigenvalue weighted by Gasteiger charge is -2.34. The van der Waals surface area contributed by atoms with Crippen molar-refractivity contribution < 1.29 is 9.90 Å². The molecule has 2 fully saturated rings. The number of nitrogens with zero attached hydrogens (tertiary/aromatic N) is 3. The van der Waals surface area contributed by atoms with E-state index >= 15 is 0 Å². The van der Waals surface area contributed by atoms with Crippen molar-refractivity contribution in [2.45, 2.75) is 38.3 Å². The second-order valence-electron chi connectivity index (χ2n) is 6.25. The standard InChI is InChI=1S/C15H24N4O2/c1-18-14(12(9-17-18)15(20)21)10-19-7-4-11(5-8-19)13-3-2-6-16-13/h9,11,13,16H,2-8,10H2,1H3,(H,20,21). The summed E-state index contributed by atoms with van der Waals surface area (Å²) in [7, 11) is 1.82. The van der Waals surface area contributed by atoms with Crippen molar-refractivity contribution in [3.8, 4) is 0 Å². The number of piperidine rings is 1. The van der Waals surface area contributed by atoms with Gasteiger partial charge in [0.2, 0.25) is 0 Å². The van der Waals surface area contributed by atoms with Gasteiger partial charge in [0.25, 0.3) is 0 Å². The van der Waals surface area contributed by atoms with E-state index in [9.17, 15) is 9.90 Å². The van der Waals surface area contributed by atoms with Gasteiger partial charge in [0, 0.05) is 19.6 Å². The molecule has 1 unspecified atom stereocenters. The van der Waals surface area contributed by atoms with E-state index in [1.54, 1.807) is 4.68 Å². The van der Waals surface area contributed by atoms with Crippen LogP contribution in [0, 0.1) is 5.92 Å². The summed E-state index contributed by atoms with van der Waals surface area (Å²) in [5.41, 5.74) is 1.14. The summed E-state index contributed by atoms with van der Waals surface area (Å²) in [5, 5.41) is 16.9. The zero-order valence-electron chi connectivity index (χ0n) is 12.6. The highest BCUT2D eigenvalue weighted by molar-refractivity contribution is 5.88. The Labute approximate surface area is 125 Å². The fourth-order valence-electron chi connectivity index (χ4n) is 3.67. The Bertz CT molecular complexity index is 500. The Hall–Kier alpha value is -1.40. The third-order valence-electron chi connectivity index (χ3n) is 4.97. The van der Waals surface area contributed by atoms with E-state index < -0.39 is 5.97 Å². The predicted octanol–water partition coefficient (Wildman–Crippen LogP) is 1.08. The molecule has 1 aromatic rings. The number of carboxylic acids is 1. The minimum absolute atomic E-state index is 0.331. The Morgan fingerprint density at radius 1 is 1.43 bits per heavy atom. The second kappa shape index (κ2) is 6.15. The van der Waals surface area contributed by atoms with Crippen LogP contribution in [0.1, 0.15) is 41.7 Å². The molecular weight excluding hydrogens is 268 g/mol. The highest BCUT2D eigenvalue weighted by atomic mass is 16.4. The molecule has 0 bridgehead atoms. The molecule has 0 saturated carbocycles. The number of hydrogen-bond donors (Lipinski definition) is 2. The van der Waals surface area contributed by atoms with Crippen LogP contribution >= 0.6 is 0 Å². The third-order valence-corrected chi connectivity index (χ3v) is 4.97. The number of aromatic nitrogens is 2. The van der Waals surface area contributed by atoms with Gasteiger partial charge in [-0.25, -0.2) is 4.79 Å². The maximum absolute atomic E-state index is 11.2. The van der Waals surface area contributed by atoms with Crippen molar-refractivity contribution in [3.05, 3.63) is 17.5 Å². The average Bonchev–Trinajstić information content (AvgIpc) is 3.11. The van der Waals surface area contributed by atoms with Crippen LogP contribution in [-0.2, 0) is 13.6 Å². The van der Waals surface area contributed by atoms with Crippen LogP contribution in [0.4, 0.5) is 0 Å². The predicted molar refractivity (Wildman–Crippen MR) is 79.2 cm³/mol. The van der Waals surface area contributed by atoms with Crippen LogP contribution in [-0.4, -0.2) is 51.4 Å². The van der Waals surface area contributed by atoms with Gasteiger partial charge in [0.1, 0.15) is 5.56 Å². The van der Waals surface area contributed by atoms with E-state index in [0.29, 0.717) is 18.2 Å². The first-order valence-electron chi connectivity index (χ1n) is 7.85. The first-order chi connectivity index (χ1) is 10.1. The molecule has 0 spiro atoms. The van der Waals surface area contributed by atoms with Crippen LogP contribution < -0.4 is 5.32 Å². The Balaban J connectivity index is 1.58. The number of carboxylic acid groups (broad SMARTS) is 1. The summed E-state index contributed by atoms with van der Waals surface area (Å²) in [6, 6.07) is 0.707. The SMILES string of the molecule is Cn1ncc(C(=O)O)c1CN1CCC(C2CCCN2)CC1. The van der Waals surface area contributed by atoms with Crippen LogP contribution in [0.5, 0.6) is 0 Å². The number of carbonyl (C=O) groups is 1. The summed E-state index contributed by atoms with van der Waals surface area (Å²) in [6.45, 7) is 3.95. The number of likely N-dealkylation sites (tertiary alicyclic amines) is 1. The molecule has 0 aromatic carbocycles. The largest absolute Gasteiger partial charge is 0.478 e. The molecule has 2 N–H and O–H groups in total. The quantitative estimate of drug-likeness (QED) is 0.869. The molecule has 3 heterocycles. The summed E-state index contributed by atoms with van der Waals surface area (Å²) >= 11 is 0. The van der Waals surface area contributed by atoms with Gasteiger partial charge in [0.05, 0.1) is 11.9 Å². The van der Waals surface area contributed by atoms with E-state index in [4.69, 9.17) is 0 Å². The lowest BCUT2D eigenvalue weighted by Crippen LogP contribution is -2.40. The normalized spacial score (nSPS) is 24.5. The highest BCUT2D eigenvalue weighted by Gasteiger charge is 2.29. The first-order valence-corrected chi connectivity index (χ1v) is 7.85. The molecular formula is C15H24N4O2. The van der Waals surface area contributed by atoms with E-state index in [1.165, 1.54) is 38.4 Å². The van der Waals surface area contributed by atoms with Gasteiger partial charge in [-0.3, -0.25) is 9.58 Å². The average molecular weight is 292 g/mol. The highest BCUT2D eigenvalue weighted by Crippen LogP contribution is 2.26. The molecule has 1 aromatic heterocycles. The summed E-state index contributed by atoms with van der Waals surface area (Å²) in [6.07, 6.45) is 6.49. The number of aryl methyl sites for hydroxylation is 1. The van der Waals surface area contributed by atoms with E-state index in [1.807, 2.05) is 7.05 Å². The number of hydrogen-bond acceptors (Lipinski definition) is 4. The Morgan fingerprint density at radius 2 is 2.19 bits per heavy atom. The van der Waals surface area contributed by atoms with E-state index in [0.717, 1.165) is 24.7 Å². The zero-order chi connectivity index (χ0) is 14.8.